The largest absolute Gasteiger partial charge is 0.496 e. The molecule has 2 heterocycles. The number of ether oxygens (including phenoxy) is 1. The summed E-state index contributed by atoms with van der Waals surface area (Å²) >= 11 is 3.68. The number of aromatic nitrogens is 4. The minimum Gasteiger partial charge on any atom is -0.496 e. The molecular formula is C22H29BrCl2N6O. The Bertz CT molecular complexity index is 1030. The highest BCUT2D eigenvalue weighted by atomic mass is 79.9. The number of tetrazole rings is 1. The van der Waals surface area contributed by atoms with E-state index in [4.69, 9.17) is 4.74 Å². The topological polar surface area (TPSA) is 76.9 Å². The highest BCUT2D eigenvalue weighted by molar-refractivity contribution is 9.10. The minimum absolute atomic E-state index is 0. The predicted octanol–water partition coefficient (Wildman–Crippen LogP) is 4.48. The molecule has 1 aromatic heterocycles. The van der Waals surface area contributed by atoms with E-state index < -0.39 is 0 Å². The number of aryl methyl sites for hydroxylation is 2. The van der Waals surface area contributed by atoms with Crippen molar-refractivity contribution in [3.05, 3.63) is 63.4 Å². The Labute approximate surface area is 209 Å². The molecule has 174 valence electrons. The van der Waals surface area contributed by atoms with Crippen LogP contribution in [0.4, 0.5) is 0 Å². The highest BCUT2D eigenvalue weighted by Crippen LogP contribution is 2.29. The van der Waals surface area contributed by atoms with E-state index >= 15 is 0 Å². The van der Waals surface area contributed by atoms with Gasteiger partial charge < -0.3 is 15.4 Å². The molecule has 1 saturated heterocycles. The molecular weight excluding hydrogens is 515 g/mol. The van der Waals surface area contributed by atoms with Gasteiger partial charge in [-0.2, -0.15) is 4.68 Å². The van der Waals surface area contributed by atoms with Crippen LogP contribution in [0.2, 0.25) is 0 Å². The van der Waals surface area contributed by atoms with Crippen LogP contribution < -0.4 is 15.4 Å². The van der Waals surface area contributed by atoms with Crippen molar-refractivity contribution >= 4 is 40.7 Å². The van der Waals surface area contributed by atoms with Crippen LogP contribution in [0.1, 0.15) is 41.4 Å². The normalized spacial score (nSPS) is 17.9. The molecule has 3 aromatic rings. The van der Waals surface area contributed by atoms with Gasteiger partial charge >= 0.3 is 0 Å². The van der Waals surface area contributed by atoms with Crippen LogP contribution in [0.3, 0.4) is 0 Å². The molecule has 0 saturated carbocycles. The van der Waals surface area contributed by atoms with E-state index in [9.17, 15) is 0 Å². The second-order valence-corrected chi connectivity index (χ2v) is 8.56. The molecule has 1 aliphatic rings. The van der Waals surface area contributed by atoms with E-state index in [2.05, 4.69) is 73.3 Å². The maximum absolute atomic E-state index is 5.61. The Hall–Kier alpha value is -1.71. The molecule has 0 unspecified atom stereocenters. The van der Waals surface area contributed by atoms with E-state index in [1.807, 2.05) is 19.1 Å². The number of hydrogen-bond acceptors (Lipinski definition) is 6. The molecule has 10 heteroatoms. The first kappa shape index (κ1) is 26.5. The maximum atomic E-state index is 5.61. The first-order valence-electron chi connectivity index (χ1n) is 10.2. The predicted molar refractivity (Wildman–Crippen MR) is 134 cm³/mol. The summed E-state index contributed by atoms with van der Waals surface area (Å²) in [5, 5.41) is 19.3. The number of benzene rings is 2. The SMILES string of the molecule is COc1ccc(-n2nnnc2C)cc1CN[C@@H]1CCCN[C@@H]1c1ccc(C)c(Br)c1.Cl.Cl. The Morgan fingerprint density at radius 2 is 2.00 bits per heavy atom. The number of piperidine rings is 1. The zero-order valence-electron chi connectivity index (χ0n) is 18.3. The summed E-state index contributed by atoms with van der Waals surface area (Å²) in [5.74, 6) is 1.61. The average Bonchev–Trinajstić information content (AvgIpc) is 3.20. The molecule has 7 nitrogen and oxygen atoms in total. The highest BCUT2D eigenvalue weighted by Gasteiger charge is 2.26. The Balaban J connectivity index is 0.00000181. The van der Waals surface area contributed by atoms with Crippen molar-refractivity contribution < 1.29 is 4.74 Å². The summed E-state index contributed by atoms with van der Waals surface area (Å²) in [5.41, 5.74) is 4.56. The van der Waals surface area contributed by atoms with Crippen LogP contribution in [0.25, 0.3) is 5.69 Å². The van der Waals surface area contributed by atoms with Crippen LogP contribution in [0.5, 0.6) is 5.75 Å². The Morgan fingerprint density at radius 3 is 2.69 bits per heavy atom. The summed E-state index contributed by atoms with van der Waals surface area (Å²) in [4.78, 5) is 0. The van der Waals surface area contributed by atoms with Crippen molar-refractivity contribution in [2.24, 2.45) is 0 Å². The molecule has 0 spiro atoms. The van der Waals surface area contributed by atoms with Crippen molar-refractivity contribution in [1.82, 2.24) is 30.8 Å². The fourth-order valence-electron chi connectivity index (χ4n) is 4.01. The van der Waals surface area contributed by atoms with Gasteiger partial charge in [0.15, 0.2) is 5.82 Å². The number of nitrogens with zero attached hydrogens (tertiary/aromatic N) is 4. The third kappa shape index (κ3) is 5.80. The molecule has 1 fully saturated rings. The lowest BCUT2D eigenvalue weighted by atomic mass is 9.91. The van der Waals surface area contributed by atoms with Gasteiger partial charge in [0.05, 0.1) is 12.8 Å². The maximum Gasteiger partial charge on any atom is 0.153 e. The van der Waals surface area contributed by atoms with Crippen molar-refractivity contribution in [3.8, 4) is 11.4 Å². The molecule has 0 bridgehead atoms. The van der Waals surface area contributed by atoms with Crippen LogP contribution in [-0.4, -0.2) is 39.9 Å². The van der Waals surface area contributed by atoms with Crippen molar-refractivity contribution in [3.63, 3.8) is 0 Å². The average molecular weight is 544 g/mol. The standard InChI is InChI=1S/C22H27BrN6O.2ClH/c1-14-6-7-16(12-19(14)23)22-20(5-4-10-24-22)25-13-17-11-18(8-9-21(17)30-3)29-15(2)26-27-28-29;;/h6-9,11-12,20,22,24-25H,4-5,10,13H2,1-3H3;2*1H/t20-,22-;;/m1../s1. The number of rotatable bonds is 6. The summed E-state index contributed by atoms with van der Waals surface area (Å²) in [6.45, 7) is 5.74. The van der Waals surface area contributed by atoms with Gasteiger partial charge in [-0.05, 0) is 79.1 Å². The van der Waals surface area contributed by atoms with Gasteiger partial charge in [-0.25, -0.2) is 0 Å². The van der Waals surface area contributed by atoms with E-state index in [0.29, 0.717) is 12.6 Å². The molecule has 32 heavy (non-hydrogen) atoms. The van der Waals surface area contributed by atoms with Gasteiger partial charge in [-0.3, -0.25) is 0 Å². The van der Waals surface area contributed by atoms with E-state index in [1.165, 1.54) is 11.1 Å². The first-order chi connectivity index (χ1) is 14.6. The van der Waals surface area contributed by atoms with Crippen LogP contribution in [0, 0.1) is 13.8 Å². The van der Waals surface area contributed by atoms with Crippen molar-refractivity contribution in [1.29, 1.82) is 0 Å². The molecule has 2 aromatic carbocycles. The summed E-state index contributed by atoms with van der Waals surface area (Å²) in [6, 6.07) is 13.3. The zero-order valence-corrected chi connectivity index (χ0v) is 21.6. The summed E-state index contributed by atoms with van der Waals surface area (Å²) < 4.78 is 8.49. The van der Waals surface area contributed by atoms with E-state index in [0.717, 1.165) is 46.7 Å². The molecule has 2 atom stereocenters. The summed E-state index contributed by atoms with van der Waals surface area (Å²) in [6.07, 6.45) is 2.28. The fraction of sp³-hybridized carbons (Fsp3) is 0.409. The molecule has 1 aliphatic heterocycles. The lowest BCUT2D eigenvalue weighted by Gasteiger charge is -2.34. The second kappa shape index (κ2) is 12.0. The smallest absolute Gasteiger partial charge is 0.153 e. The number of halogens is 3. The number of methoxy groups -OCH3 is 1. The van der Waals surface area contributed by atoms with E-state index in [-0.39, 0.29) is 30.9 Å². The minimum atomic E-state index is 0. The third-order valence-corrected chi connectivity index (χ3v) is 6.56. The lowest BCUT2D eigenvalue weighted by molar-refractivity contribution is 0.302. The van der Waals surface area contributed by atoms with Gasteiger partial charge in [0.1, 0.15) is 5.75 Å². The molecule has 0 aliphatic carbocycles. The zero-order chi connectivity index (χ0) is 21.1. The number of hydrogen-bond donors (Lipinski definition) is 2. The Morgan fingerprint density at radius 1 is 1.19 bits per heavy atom. The van der Waals surface area contributed by atoms with Crippen LogP contribution in [0.15, 0.2) is 40.9 Å². The van der Waals surface area contributed by atoms with Gasteiger partial charge in [0.25, 0.3) is 0 Å². The monoisotopic (exact) mass is 542 g/mol. The fourth-order valence-corrected chi connectivity index (χ4v) is 4.40. The second-order valence-electron chi connectivity index (χ2n) is 7.70. The lowest BCUT2D eigenvalue weighted by Crippen LogP contribution is -2.45. The van der Waals surface area contributed by atoms with Gasteiger partial charge in [0, 0.05) is 28.7 Å². The molecule has 4 rings (SSSR count). The van der Waals surface area contributed by atoms with Gasteiger partial charge in [0.2, 0.25) is 0 Å². The quantitative estimate of drug-likeness (QED) is 0.477. The Kier molecular flexibility index (Phi) is 9.91. The number of nitrogens with one attached hydrogen (secondary N) is 2. The molecule has 0 radical (unpaired) electrons. The van der Waals surface area contributed by atoms with Crippen molar-refractivity contribution in [2.75, 3.05) is 13.7 Å². The van der Waals surface area contributed by atoms with Crippen LogP contribution in [-0.2, 0) is 6.54 Å². The molecule has 2 N–H and O–H groups in total. The van der Waals surface area contributed by atoms with Gasteiger partial charge in [-0.1, -0.05) is 28.1 Å². The van der Waals surface area contributed by atoms with Crippen LogP contribution >= 0.6 is 40.7 Å². The van der Waals surface area contributed by atoms with E-state index in [1.54, 1.807) is 11.8 Å². The first-order valence-corrected chi connectivity index (χ1v) is 11.0. The third-order valence-electron chi connectivity index (χ3n) is 5.70. The summed E-state index contributed by atoms with van der Waals surface area (Å²) in [7, 11) is 1.70. The van der Waals surface area contributed by atoms with Gasteiger partial charge in [-0.15, -0.1) is 29.9 Å². The molecule has 0 amide bonds. The van der Waals surface area contributed by atoms with Crippen molar-refractivity contribution in [2.45, 2.75) is 45.3 Å².